The van der Waals surface area contributed by atoms with Crippen molar-refractivity contribution in [3.8, 4) is 0 Å². The average molecular weight is 254 g/mol. The maximum atomic E-state index is 10.3. The van der Waals surface area contributed by atoms with Gasteiger partial charge in [0.05, 0.1) is 6.20 Å². The molecule has 92 valence electrons. The molecule has 0 aliphatic carbocycles. The third-order valence-electron chi connectivity index (χ3n) is 2.44. The standard InChI is InChI=1S/C12H16ClN3O/c1-3-9(2)16-11(8-15-17)6-10-4-5-12(13)14-7-10/h4-5,7-9,16H,3,6H2,1-2H3/b11-8-. The summed E-state index contributed by atoms with van der Waals surface area (Å²) in [5, 5.41) is 6.51. The van der Waals surface area contributed by atoms with Gasteiger partial charge in [0.15, 0.2) is 0 Å². The van der Waals surface area contributed by atoms with Gasteiger partial charge in [0.25, 0.3) is 0 Å². The third-order valence-corrected chi connectivity index (χ3v) is 2.66. The number of nitrogens with one attached hydrogen (secondary N) is 1. The first-order valence-electron chi connectivity index (χ1n) is 5.54. The highest BCUT2D eigenvalue weighted by Crippen LogP contribution is 2.10. The van der Waals surface area contributed by atoms with E-state index in [2.05, 4.69) is 29.3 Å². The molecule has 0 spiro atoms. The molecule has 0 aliphatic heterocycles. The SMILES string of the molecule is CCC(C)N/C(=C\N=O)Cc1ccc(Cl)nc1. The van der Waals surface area contributed by atoms with Crippen LogP contribution in [0.3, 0.4) is 0 Å². The predicted octanol–water partition coefficient (Wildman–Crippen LogP) is 3.27. The van der Waals surface area contributed by atoms with Crippen LogP contribution in [0.15, 0.2) is 35.4 Å². The highest BCUT2D eigenvalue weighted by Gasteiger charge is 2.04. The summed E-state index contributed by atoms with van der Waals surface area (Å²) < 4.78 is 0. The van der Waals surface area contributed by atoms with Crippen molar-refractivity contribution in [2.75, 3.05) is 0 Å². The van der Waals surface area contributed by atoms with Crippen molar-refractivity contribution in [2.45, 2.75) is 32.7 Å². The summed E-state index contributed by atoms with van der Waals surface area (Å²) in [7, 11) is 0. The molecule has 0 aliphatic rings. The first kappa shape index (κ1) is 13.6. The molecule has 1 atom stereocenters. The zero-order valence-electron chi connectivity index (χ0n) is 9.98. The molecule has 17 heavy (non-hydrogen) atoms. The number of allylic oxidation sites excluding steroid dienone is 1. The Balaban J connectivity index is 2.70. The van der Waals surface area contributed by atoms with E-state index < -0.39 is 0 Å². The molecule has 1 rings (SSSR count). The zero-order chi connectivity index (χ0) is 12.7. The number of aromatic nitrogens is 1. The molecular weight excluding hydrogens is 238 g/mol. The predicted molar refractivity (Wildman–Crippen MR) is 69.7 cm³/mol. The van der Waals surface area contributed by atoms with Gasteiger partial charge in [-0.3, -0.25) is 0 Å². The van der Waals surface area contributed by atoms with Crippen LogP contribution < -0.4 is 5.32 Å². The molecule has 5 heteroatoms. The van der Waals surface area contributed by atoms with Crippen LogP contribution in [0.25, 0.3) is 0 Å². The fourth-order valence-electron chi connectivity index (χ4n) is 1.35. The molecule has 1 aromatic rings. The van der Waals surface area contributed by atoms with Crippen LogP contribution in [0, 0.1) is 4.91 Å². The number of pyridine rings is 1. The molecule has 0 saturated heterocycles. The van der Waals surface area contributed by atoms with E-state index in [1.807, 2.05) is 6.07 Å². The molecule has 0 bridgehead atoms. The molecule has 1 unspecified atom stereocenters. The number of rotatable bonds is 6. The minimum atomic E-state index is 0.309. The third kappa shape index (κ3) is 4.95. The lowest BCUT2D eigenvalue weighted by molar-refractivity contribution is 0.585. The molecule has 1 N–H and O–H groups in total. The van der Waals surface area contributed by atoms with E-state index in [4.69, 9.17) is 11.6 Å². The molecule has 0 fully saturated rings. The maximum Gasteiger partial charge on any atom is 0.129 e. The van der Waals surface area contributed by atoms with Gasteiger partial charge in [-0.25, -0.2) is 4.98 Å². The van der Waals surface area contributed by atoms with Crippen molar-refractivity contribution in [1.29, 1.82) is 0 Å². The van der Waals surface area contributed by atoms with Crippen molar-refractivity contribution >= 4 is 11.6 Å². The van der Waals surface area contributed by atoms with Crippen LogP contribution in [-0.2, 0) is 6.42 Å². The van der Waals surface area contributed by atoms with Gasteiger partial charge in [0.1, 0.15) is 5.15 Å². The lowest BCUT2D eigenvalue weighted by Gasteiger charge is -2.15. The quantitative estimate of drug-likeness (QED) is 0.625. The van der Waals surface area contributed by atoms with Crippen molar-refractivity contribution < 1.29 is 0 Å². The summed E-state index contributed by atoms with van der Waals surface area (Å²) >= 11 is 5.71. The molecule has 1 aromatic heterocycles. The fraction of sp³-hybridized carbons (Fsp3) is 0.417. The van der Waals surface area contributed by atoms with Crippen LogP contribution in [0.5, 0.6) is 0 Å². The van der Waals surface area contributed by atoms with Gasteiger partial charge in [-0.2, -0.15) is 0 Å². The Morgan fingerprint density at radius 1 is 1.65 bits per heavy atom. The normalized spacial score (nSPS) is 13.2. The van der Waals surface area contributed by atoms with Gasteiger partial charge in [0.2, 0.25) is 0 Å². The minimum absolute atomic E-state index is 0.309. The molecule has 4 nitrogen and oxygen atoms in total. The Kier molecular flexibility index (Phi) is 5.63. The van der Waals surface area contributed by atoms with Gasteiger partial charge in [-0.1, -0.05) is 24.6 Å². The summed E-state index contributed by atoms with van der Waals surface area (Å²) in [5.41, 5.74) is 1.78. The second-order valence-electron chi connectivity index (χ2n) is 3.88. The van der Waals surface area contributed by atoms with Crippen LogP contribution >= 0.6 is 11.6 Å². The molecule has 0 amide bonds. The van der Waals surface area contributed by atoms with Crippen LogP contribution in [0.4, 0.5) is 0 Å². The number of hydrogen-bond acceptors (Lipinski definition) is 4. The van der Waals surface area contributed by atoms with Crippen molar-refractivity contribution in [1.82, 2.24) is 10.3 Å². The number of nitrogens with zero attached hydrogens (tertiary/aromatic N) is 2. The van der Waals surface area contributed by atoms with Crippen molar-refractivity contribution in [3.63, 3.8) is 0 Å². The average Bonchev–Trinajstić information content (AvgIpc) is 2.32. The first-order valence-corrected chi connectivity index (χ1v) is 5.92. The van der Waals surface area contributed by atoms with E-state index in [0.29, 0.717) is 17.6 Å². The second kappa shape index (κ2) is 7.01. The molecule has 0 saturated carbocycles. The monoisotopic (exact) mass is 253 g/mol. The van der Waals surface area contributed by atoms with Gasteiger partial charge < -0.3 is 5.32 Å². The van der Waals surface area contributed by atoms with Crippen LogP contribution in [0.1, 0.15) is 25.8 Å². The van der Waals surface area contributed by atoms with Crippen molar-refractivity contribution in [3.05, 3.63) is 45.9 Å². The summed E-state index contributed by atoms with van der Waals surface area (Å²) in [4.78, 5) is 14.3. The van der Waals surface area contributed by atoms with Gasteiger partial charge >= 0.3 is 0 Å². The van der Waals surface area contributed by atoms with E-state index in [1.165, 1.54) is 6.20 Å². The van der Waals surface area contributed by atoms with E-state index in [0.717, 1.165) is 17.7 Å². The summed E-state index contributed by atoms with van der Waals surface area (Å²) in [6, 6.07) is 3.92. The fourth-order valence-corrected chi connectivity index (χ4v) is 1.46. The second-order valence-corrected chi connectivity index (χ2v) is 4.27. The number of halogens is 1. The molecular formula is C12H16ClN3O. The Bertz CT molecular complexity index is 389. The van der Waals surface area contributed by atoms with E-state index in [-0.39, 0.29) is 0 Å². The Morgan fingerprint density at radius 2 is 2.41 bits per heavy atom. The van der Waals surface area contributed by atoms with Crippen LogP contribution in [-0.4, -0.2) is 11.0 Å². The van der Waals surface area contributed by atoms with E-state index in [1.54, 1.807) is 12.3 Å². The van der Waals surface area contributed by atoms with Crippen LogP contribution in [0.2, 0.25) is 5.15 Å². The number of nitroso groups, excluding NO2 is 1. The number of hydrogen-bond donors (Lipinski definition) is 1. The molecule has 0 radical (unpaired) electrons. The van der Waals surface area contributed by atoms with Gasteiger partial charge in [-0.05, 0) is 30.2 Å². The van der Waals surface area contributed by atoms with Crippen molar-refractivity contribution in [2.24, 2.45) is 5.18 Å². The first-order chi connectivity index (χ1) is 8.15. The highest BCUT2D eigenvalue weighted by molar-refractivity contribution is 6.29. The lowest BCUT2D eigenvalue weighted by atomic mass is 10.1. The summed E-state index contributed by atoms with van der Waals surface area (Å²) in [6.07, 6.45) is 4.58. The largest absolute Gasteiger partial charge is 0.384 e. The Labute approximate surface area is 106 Å². The zero-order valence-corrected chi connectivity index (χ0v) is 10.7. The van der Waals surface area contributed by atoms with E-state index in [9.17, 15) is 4.91 Å². The summed E-state index contributed by atoms with van der Waals surface area (Å²) in [6.45, 7) is 4.13. The molecule has 0 aromatic carbocycles. The minimum Gasteiger partial charge on any atom is -0.384 e. The maximum absolute atomic E-state index is 10.3. The molecule has 1 heterocycles. The summed E-state index contributed by atoms with van der Waals surface area (Å²) in [5.74, 6) is 0. The topological polar surface area (TPSA) is 54.4 Å². The smallest absolute Gasteiger partial charge is 0.129 e. The highest BCUT2D eigenvalue weighted by atomic mass is 35.5. The van der Waals surface area contributed by atoms with E-state index >= 15 is 0 Å². The van der Waals surface area contributed by atoms with Gasteiger partial charge in [-0.15, -0.1) is 4.91 Å². The Hall–Kier alpha value is -1.42. The lowest BCUT2D eigenvalue weighted by Crippen LogP contribution is -2.25. The Morgan fingerprint density at radius 3 is 2.94 bits per heavy atom. The van der Waals surface area contributed by atoms with Gasteiger partial charge in [0, 0.05) is 24.4 Å².